The Labute approximate surface area is 130 Å². The fourth-order valence-electron chi connectivity index (χ4n) is 3.00. The number of methoxy groups -OCH3 is 2. The van der Waals surface area contributed by atoms with E-state index in [0.29, 0.717) is 12.5 Å². The molecule has 2 rings (SSSR count). The molecule has 0 bridgehead atoms. The van der Waals surface area contributed by atoms with Crippen LogP contribution in [0.2, 0.25) is 0 Å². The minimum absolute atomic E-state index is 0.0533. The summed E-state index contributed by atoms with van der Waals surface area (Å²) in [7, 11) is 2.92. The molecule has 1 aromatic rings. The molecule has 1 heterocycles. The van der Waals surface area contributed by atoms with Crippen LogP contribution in [0.5, 0.6) is 11.8 Å². The zero-order valence-corrected chi connectivity index (χ0v) is 13.2. The van der Waals surface area contributed by atoms with Gasteiger partial charge in [0.25, 0.3) is 5.91 Å². The van der Waals surface area contributed by atoms with E-state index in [2.05, 4.69) is 15.3 Å². The van der Waals surface area contributed by atoms with Crippen molar-refractivity contribution in [3.63, 3.8) is 0 Å². The molecule has 1 saturated carbocycles. The summed E-state index contributed by atoms with van der Waals surface area (Å²) in [5.41, 5.74) is 6.07. The SMILES string of the molecule is COc1ncnc(OC)c1C(=O)NC(CN)C1CCCCC1. The fourth-order valence-corrected chi connectivity index (χ4v) is 3.00. The monoisotopic (exact) mass is 308 g/mol. The van der Waals surface area contributed by atoms with E-state index in [-0.39, 0.29) is 29.3 Å². The van der Waals surface area contributed by atoms with E-state index in [1.54, 1.807) is 0 Å². The molecular formula is C15H24N4O3. The lowest BCUT2D eigenvalue weighted by molar-refractivity contribution is 0.0907. The van der Waals surface area contributed by atoms with E-state index in [1.807, 2.05) is 0 Å². The molecule has 22 heavy (non-hydrogen) atoms. The third kappa shape index (κ3) is 3.65. The van der Waals surface area contributed by atoms with Crippen LogP contribution in [0.1, 0.15) is 42.5 Å². The minimum Gasteiger partial charge on any atom is -0.480 e. The van der Waals surface area contributed by atoms with Crippen LogP contribution in [0.15, 0.2) is 6.33 Å². The van der Waals surface area contributed by atoms with Gasteiger partial charge in [0.05, 0.1) is 14.2 Å². The molecule has 0 spiro atoms. The third-order valence-corrected chi connectivity index (χ3v) is 4.18. The van der Waals surface area contributed by atoms with Crippen LogP contribution in [0.4, 0.5) is 0 Å². The maximum absolute atomic E-state index is 12.6. The number of nitrogens with two attached hydrogens (primary N) is 1. The molecule has 122 valence electrons. The highest BCUT2D eigenvalue weighted by molar-refractivity contribution is 5.98. The lowest BCUT2D eigenvalue weighted by Crippen LogP contribution is -2.46. The van der Waals surface area contributed by atoms with E-state index in [1.165, 1.54) is 39.8 Å². The van der Waals surface area contributed by atoms with Crippen molar-refractivity contribution < 1.29 is 14.3 Å². The van der Waals surface area contributed by atoms with Crippen LogP contribution in [0.3, 0.4) is 0 Å². The Morgan fingerprint density at radius 1 is 1.27 bits per heavy atom. The molecule has 1 amide bonds. The molecule has 7 nitrogen and oxygen atoms in total. The Hall–Kier alpha value is -1.89. The summed E-state index contributed by atoms with van der Waals surface area (Å²) in [5, 5.41) is 3.00. The van der Waals surface area contributed by atoms with Gasteiger partial charge in [-0.15, -0.1) is 0 Å². The molecule has 0 radical (unpaired) electrons. The summed E-state index contributed by atoms with van der Waals surface area (Å²) in [6, 6.07) is -0.0533. The summed E-state index contributed by atoms with van der Waals surface area (Å²) in [6.07, 6.45) is 7.14. The van der Waals surface area contributed by atoms with Crippen LogP contribution in [-0.2, 0) is 0 Å². The van der Waals surface area contributed by atoms with Crippen molar-refractivity contribution in [1.82, 2.24) is 15.3 Å². The van der Waals surface area contributed by atoms with Gasteiger partial charge in [-0.3, -0.25) is 4.79 Å². The quantitative estimate of drug-likeness (QED) is 0.817. The number of carbonyl (C=O) groups excluding carboxylic acids is 1. The first kappa shape index (κ1) is 16.5. The molecule has 1 unspecified atom stereocenters. The van der Waals surface area contributed by atoms with E-state index in [9.17, 15) is 4.79 Å². The van der Waals surface area contributed by atoms with Gasteiger partial charge in [0.15, 0.2) is 5.56 Å². The Bertz CT molecular complexity index is 481. The van der Waals surface area contributed by atoms with Gasteiger partial charge in [0, 0.05) is 12.6 Å². The number of rotatable bonds is 6. The minimum atomic E-state index is -0.310. The first-order valence-electron chi connectivity index (χ1n) is 7.65. The van der Waals surface area contributed by atoms with E-state index in [0.717, 1.165) is 12.8 Å². The lowest BCUT2D eigenvalue weighted by atomic mass is 9.84. The topological polar surface area (TPSA) is 99.4 Å². The number of carbonyl (C=O) groups is 1. The van der Waals surface area contributed by atoms with Gasteiger partial charge in [-0.05, 0) is 18.8 Å². The van der Waals surface area contributed by atoms with Crippen LogP contribution >= 0.6 is 0 Å². The van der Waals surface area contributed by atoms with Crippen molar-refractivity contribution in [2.75, 3.05) is 20.8 Å². The Balaban J connectivity index is 2.16. The largest absolute Gasteiger partial charge is 0.480 e. The highest BCUT2D eigenvalue weighted by atomic mass is 16.5. The molecule has 1 fully saturated rings. The number of amides is 1. The summed E-state index contributed by atoms with van der Waals surface area (Å²) in [6.45, 7) is 0.411. The van der Waals surface area contributed by atoms with Crippen molar-refractivity contribution in [2.24, 2.45) is 11.7 Å². The molecule has 0 aliphatic heterocycles. The van der Waals surface area contributed by atoms with Crippen molar-refractivity contribution in [1.29, 1.82) is 0 Å². The second-order valence-corrected chi connectivity index (χ2v) is 5.48. The molecule has 1 aromatic heterocycles. The predicted molar refractivity (Wildman–Crippen MR) is 82.0 cm³/mol. The van der Waals surface area contributed by atoms with Gasteiger partial charge >= 0.3 is 0 Å². The van der Waals surface area contributed by atoms with Crippen LogP contribution in [0, 0.1) is 5.92 Å². The summed E-state index contributed by atoms with van der Waals surface area (Å²) in [5.74, 6) is 0.507. The Kier molecular flexibility index (Phi) is 5.94. The Morgan fingerprint density at radius 3 is 2.36 bits per heavy atom. The second-order valence-electron chi connectivity index (χ2n) is 5.48. The van der Waals surface area contributed by atoms with Gasteiger partial charge in [-0.2, -0.15) is 0 Å². The normalized spacial score (nSPS) is 16.9. The first-order valence-corrected chi connectivity index (χ1v) is 7.65. The van der Waals surface area contributed by atoms with Gasteiger partial charge in [0.1, 0.15) is 6.33 Å². The van der Waals surface area contributed by atoms with Gasteiger partial charge in [0.2, 0.25) is 11.8 Å². The lowest BCUT2D eigenvalue weighted by Gasteiger charge is -2.30. The van der Waals surface area contributed by atoms with E-state index < -0.39 is 0 Å². The maximum atomic E-state index is 12.6. The molecule has 1 atom stereocenters. The van der Waals surface area contributed by atoms with Gasteiger partial charge in [-0.25, -0.2) is 9.97 Å². The van der Waals surface area contributed by atoms with Crippen molar-refractivity contribution in [3.05, 3.63) is 11.9 Å². The summed E-state index contributed by atoms with van der Waals surface area (Å²) >= 11 is 0. The van der Waals surface area contributed by atoms with Crippen molar-refractivity contribution >= 4 is 5.91 Å². The van der Waals surface area contributed by atoms with Crippen LogP contribution in [-0.4, -0.2) is 42.7 Å². The average molecular weight is 308 g/mol. The van der Waals surface area contributed by atoms with Crippen LogP contribution < -0.4 is 20.5 Å². The fraction of sp³-hybridized carbons (Fsp3) is 0.667. The predicted octanol–water partition coefficient (Wildman–Crippen LogP) is 1.13. The summed E-state index contributed by atoms with van der Waals surface area (Å²) in [4.78, 5) is 20.5. The van der Waals surface area contributed by atoms with Gasteiger partial charge < -0.3 is 20.5 Å². The maximum Gasteiger partial charge on any atom is 0.262 e. The standard InChI is InChI=1S/C15H24N4O3/c1-21-14-12(15(22-2)18-9-17-14)13(20)19-11(8-16)10-6-4-3-5-7-10/h9-11H,3-8,16H2,1-2H3,(H,19,20). The molecule has 1 aliphatic carbocycles. The van der Waals surface area contributed by atoms with Gasteiger partial charge in [-0.1, -0.05) is 19.3 Å². The number of hydrogen-bond donors (Lipinski definition) is 2. The number of ether oxygens (including phenoxy) is 2. The Morgan fingerprint density at radius 2 is 1.86 bits per heavy atom. The van der Waals surface area contributed by atoms with Crippen molar-refractivity contribution in [3.8, 4) is 11.8 Å². The van der Waals surface area contributed by atoms with E-state index >= 15 is 0 Å². The number of aromatic nitrogens is 2. The zero-order chi connectivity index (χ0) is 15.9. The van der Waals surface area contributed by atoms with E-state index in [4.69, 9.17) is 15.2 Å². The highest BCUT2D eigenvalue weighted by Gasteiger charge is 2.27. The zero-order valence-electron chi connectivity index (χ0n) is 13.2. The second kappa shape index (κ2) is 7.93. The molecule has 0 saturated heterocycles. The molecule has 0 aromatic carbocycles. The molecule has 1 aliphatic rings. The molecule has 7 heteroatoms. The number of hydrogen-bond acceptors (Lipinski definition) is 6. The highest BCUT2D eigenvalue weighted by Crippen LogP contribution is 2.28. The van der Waals surface area contributed by atoms with Crippen LogP contribution in [0.25, 0.3) is 0 Å². The first-order chi connectivity index (χ1) is 10.7. The molecular weight excluding hydrogens is 284 g/mol. The average Bonchev–Trinajstić information content (AvgIpc) is 2.59. The summed E-state index contributed by atoms with van der Waals surface area (Å²) < 4.78 is 10.3. The number of nitrogens with one attached hydrogen (secondary N) is 1. The third-order valence-electron chi connectivity index (χ3n) is 4.18. The van der Waals surface area contributed by atoms with Crippen molar-refractivity contribution in [2.45, 2.75) is 38.1 Å². The number of nitrogens with zero attached hydrogens (tertiary/aromatic N) is 2. The molecule has 3 N–H and O–H groups in total. The smallest absolute Gasteiger partial charge is 0.262 e.